The summed E-state index contributed by atoms with van der Waals surface area (Å²) in [7, 11) is -3.10. The Kier molecular flexibility index (Phi) is 7.06. The highest BCUT2D eigenvalue weighted by Gasteiger charge is 2.34. The molecule has 0 spiro atoms. The molecule has 2 N–H and O–H groups in total. The number of sulfone groups is 1. The third-order valence-corrected chi connectivity index (χ3v) is 5.13. The molecule has 0 aromatic heterocycles. The highest BCUT2D eigenvalue weighted by molar-refractivity contribution is 7.90. The lowest BCUT2D eigenvalue weighted by molar-refractivity contribution is -0.127. The molecule has 2 rings (SSSR count). The number of nitrogens with zero attached hydrogens (tertiary/aromatic N) is 1. The zero-order valence-corrected chi connectivity index (χ0v) is 16.7. The first-order valence-electron chi connectivity index (χ1n) is 9.00. The minimum absolute atomic E-state index is 0.00378. The molecule has 0 radical (unpaired) electrons. The van der Waals surface area contributed by atoms with Crippen molar-refractivity contribution in [1.82, 2.24) is 10.6 Å². The molecule has 2 atom stereocenters. The monoisotopic (exact) mass is 397 g/mol. The molecule has 27 heavy (non-hydrogen) atoms. The van der Waals surface area contributed by atoms with Crippen LogP contribution >= 0.6 is 0 Å². The van der Waals surface area contributed by atoms with Crippen molar-refractivity contribution >= 4 is 27.5 Å². The van der Waals surface area contributed by atoms with Crippen LogP contribution in [0.3, 0.4) is 0 Å². The van der Waals surface area contributed by atoms with E-state index in [4.69, 9.17) is 4.74 Å². The molecule has 150 valence electrons. The van der Waals surface area contributed by atoms with Crippen molar-refractivity contribution in [3.05, 3.63) is 24.3 Å². The molecular formula is C18H27N3O5S. The summed E-state index contributed by atoms with van der Waals surface area (Å²) in [5.41, 5.74) is 0.574. The number of carbonyl (C=O) groups is 2. The number of para-hydroxylation sites is 2. The molecule has 3 amide bonds. The first-order valence-corrected chi connectivity index (χ1v) is 11.1. The number of nitrogens with one attached hydrogen (secondary N) is 2. The van der Waals surface area contributed by atoms with Crippen molar-refractivity contribution in [2.24, 2.45) is 0 Å². The summed E-state index contributed by atoms with van der Waals surface area (Å²) in [6.07, 6.45) is 1.48. The number of urea groups is 1. The van der Waals surface area contributed by atoms with E-state index in [9.17, 15) is 18.0 Å². The molecule has 8 nitrogen and oxygen atoms in total. The molecule has 1 aromatic rings. The van der Waals surface area contributed by atoms with Gasteiger partial charge in [-0.05, 0) is 31.9 Å². The third kappa shape index (κ3) is 6.13. The van der Waals surface area contributed by atoms with E-state index < -0.39 is 15.9 Å². The number of rotatable bonds is 7. The molecule has 0 unspecified atom stereocenters. The largest absolute Gasteiger partial charge is 0.477 e. The minimum Gasteiger partial charge on any atom is -0.477 e. The molecule has 1 aromatic carbocycles. The number of fused-ring (bicyclic) bond motifs is 1. The van der Waals surface area contributed by atoms with Crippen molar-refractivity contribution in [2.45, 2.75) is 38.8 Å². The molecule has 1 heterocycles. The Balaban J connectivity index is 2.10. The van der Waals surface area contributed by atoms with Gasteiger partial charge in [-0.3, -0.25) is 9.69 Å². The lowest BCUT2D eigenvalue weighted by Gasteiger charge is -2.34. The van der Waals surface area contributed by atoms with Gasteiger partial charge in [-0.2, -0.15) is 0 Å². The second-order valence-corrected chi connectivity index (χ2v) is 9.00. The van der Waals surface area contributed by atoms with Crippen LogP contribution in [0.2, 0.25) is 0 Å². The second-order valence-electron chi connectivity index (χ2n) is 6.74. The van der Waals surface area contributed by atoms with Crippen LogP contribution in [-0.4, -0.2) is 57.6 Å². The lowest BCUT2D eigenvalue weighted by atomic mass is 10.2. The average molecular weight is 397 g/mol. The smallest absolute Gasteiger partial charge is 0.322 e. The van der Waals surface area contributed by atoms with Gasteiger partial charge in [-0.25, -0.2) is 13.2 Å². The Morgan fingerprint density at radius 2 is 2.04 bits per heavy atom. The summed E-state index contributed by atoms with van der Waals surface area (Å²) in [4.78, 5) is 26.5. The number of ether oxygens (including phenoxy) is 1. The van der Waals surface area contributed by atoms with Crippen LogP contribution in [0.25, 0.3) is 0 Å². The fraction of sp³-hybridized carbons (Fsp3) is 0.556. The predicted octanol–water partition coefficient (Wildman–Crippen LogP) is 1.31. The number of anilines is 1. The number of hydrogen-bond acceptors (Lipinski definition) is 5. The van der Waals surface area contributed by atoms with Gasteiger partial charge in [-0.1, -0.05) is 19.1 Å². The van der Waals surface area contributed by atoms with E-state index in [1.54, 1.807) is 31.2 Å². The fourth-order valence-electron chi connectivity index (χ4n) is 2.68. The van der Waals surface area contributed by atoms with Crippen molar-refractivity contribution in [2.75, 3.05) is 30.0 Å². The van der Waals surface area contributed by atoms with Crippen LogP contribution in [-0.2, 0) is 14.6 Å². The Bertz CT molecular complexity index is 781. The molecule has 1 aliphatic rings. The maximum absolute atomic E-state index is 12.8. The van der Waals surface area contributed by atoms with Crippen molar-refractivity contribution < 1.29 is 22.7 Å². The predicted molar refractivity (Wildman–Crippen MR) is 104 cm³/mol. The van der Waals surface area contributed by atoms with Crippen LogP contribution in [0.15, 0.2) is 24.3 Å². The van der Waals surface area contributed by atoms with Gasteiger partial charge in [0.1, 0.15) is 15.6 Å². The first-order chi connectivity index (χ1) is 12.7. The normalized spacial score (nSPS) is 17.4. The van der Waals surface area contributed by atoms with E-state index in [1.165, 1.54) is 11.2 Å². The maximum Gasteiger partial charge on any atom is 0.322 e. The van der Waals surface area contributed by atoms with E-state index >= 15 is 0 Å². The Labute approximate surface area is 160 Å². The molecule has 9 heteroatoms. The van der Waals surface area contributed by atoms with Gasteiger partial charge in [0.25, 0.3) is 5.91 Å². The number of carbonyl (C=O) groups excluding carboxylic acids is 2. The van der Waals surface area contributed by atoms with E-state index in [0.29, 0.717) is 24.4 Å². The highest BCUT2D eigenvalue weighted by atomic mass is 32.2. The molecule has 0 bridgehead atoms. The van der Waals surface area contributed by atoms with E-state index in [-0.39, 0.29) is 30.3 Å². The van der Waals surface area contributed by atoms with Gasteiger partial charge in [0.2, 0.25) is 0 Å². The number of hydrogen-bond donors (Lipinski definition) is 2. The van der Waals surface area contributed by atoms with E-state index in [1.807, 2.05) is 6.92 Å². The summed E-state index contributed by atoms with van der Waals surface area (Å²) in [6.45, 7) is 4.32. The van der Waals surface area contributed by atoms with Gasteiger partial charge < -0.3 is 15.4 Å². The quantitative estimate of drug-likeness (QED) is 0.722. The standard InChI is InChI=1S/C18H27N3O5S/c1-4-10-19-17(22)16-12-21(14-7-5-6-8-15(14)26-16)18(23)20-13(2)9-11-27(3,24)25/h5-8,13,16H,4,9-12H2,1-3H3,(H,19,22)(H,20,23)/t13-,16+/m0/s1. The molecule has 1 aliphatic heterocycles. The second kappa shape index (κ2) is 9.07. The van der Waals surface area contributed by atoms with Gasteiger partial charge in [0.05, 0.1) is 18.0 Å². The summed E-state index contributed by atoms with van der Waals surface area (Å²) in [6, 6.07) is 6.30. The molecule has 0 fully saturated rings. The van der Waals surface area contributed by atoms with Crippen LogP contribution in [0.4, 0.5) is 10.5 Å². The SMILES string of the molecule is CCCNC(=O)[C@H]1CN(C(=O)N[C@@H](C)CCS(C)(=O)=O)c2ccccc2O1. The molecule has 0 saturated carbocycles. The van der Waals surface area contributed by atoms with Gasteiger partial charge in [0, 0.05) is 18.8 Å². The van der Waals surface area contributed by atoms with Crippen molar-refractivity contribution in [3.8, 4) is 5.75 Å². The topological polar surface area (TPSA) is 105 Å². The van der Waals surface area contributed by atoms with Gasteiger partial charge in [-0.15, -0.1) is 0 Å². The zero-order chi connectivity index (χ0) is 20.0. The summed E-state index contributed by atoms with van der Waals surface area (Å²) in [5.74, 6) is 0.185. The molecular weight excluding hydrogens is 370 g/mol. The Hall–Kier alpha value is -2.29. The Morgan fingerprint density at radius 3 is 2.70 bits per heavy atom. The van der Waals surface area contributed by atoms with Crippen LogP contribution in [0.1, 0.15) is 26.7 Å². The minimum atomic E-state index is -3.10. The summed E-state index contributed by atoms with van der Waals surface area (Å²) in [5, 5.41) is 5.58. The Morgan fingerprint density at radius 1 is 1.33 bits per heavy atom. The molecule has 0 saturated heterocycles. The highest BCUT2D eigenvalue weighted by Crippen LogP contribution is 2.33. The van der Waals surface area contributed by atoms with Gasteiger partial charge in [0.15, 0.2) is 6.10 Å². The first kappa shape index (κ1) is 21.0. The fourth-order valence-corrected chi connectivity index (χ4v) is 3.46. The number of amides is 3. The van der Waals surface area contributed by atoms with Gasteiger partial charge >= 0.3 is 6.03 Å². The summed E-state index contributed by atoms with van der Waals surface area (Å²) >= 11 is 0. The van der Waals surface area contributed by atoms with Crippen LogP contribution in [0.5, 0.6) is 5.75 Å². The third-order valence-electron chi connectivity index (χ3n) is 4.15. The van der Waals surface area contributed by atoms with Crippen LogP contribution < -0.4 is 20.3 Å². The van der Waals surface area contributed by atoms with E-state index in [2.05, 4.69) is 10.6 Å². The van der Waals surface area contributed by atoms with Crippen LogP contribution in [0, 0.1) is 0 Å². The van der Waals surface area contributed by atoms with E-state index in [0.717, 1.165) is 6.42 Å². The molecule has 0 aliphatic carbocycles. The maximum atomic E-state index is 12.8. The number of benzene rings is 1. The zero-order valence-electron chi connectivity index (χ0n) is 15.9. The van der Waals surface area contributed by atoms with Crippen molar-refractivity contribution in [1.29, 1.82) is 0 Å². The van der Waals surface area contributed by atoms with Crippen molar-refractivity contribution in [3.63, 3.8) is 0 Å². The average Bonchev–Trinajstić information content (AvgIpc) is 2.62. The summed E-state index contributed by atoms with van der Waals surface area (Å²) < 4.78 is 28.4. The lowest BCUT2D eigenvalue weighted by Crippen LogP contribution is -2.54.